The molecule has 0 aliphatic heterocycles. The lowest BCUT2D eigenvalue weighted by Gasteiger charge is -2.06. The molecule has 0 amide bonds. The van der Waals surface area contributed by atoms with Gasteiger partial charge < -0.3 is 9.52 Å². The third kappa shape index (κ3) is 3.35. The minimum absolute atomic E-state index is 0.119. The molecule has 0 spiro atoms. The molecular formula is C25H20N2O2. The molecule has 142 valence electrons. The lowest BCUT2D eigenvalue weighted by Crippen LogP contribution is -2.01. The Hall–Kier alpha value is -3.63. The molecule has 5 aromatic rings. The number of aliphatic hydroxyl groups is 1. The number of nitrogens with zero attached hydrogens (tertiary/aromatic N) is 2. The fraction of sp³-hybridized carbons (Fsp3) is 0.0800. The van der Waals surface area contributed by atoms with E-state index in [0.29, 0.717) is 18.1 Å². The Bertz CT molecular complexity index is 1250. The van der Waals surface area contributed by atoms with E-state index in [9.17, 15) is 5.11 Å². The van der Waals surface area contributed by atoms with Gasteiger partial charge in [0.15, 0.2) is 5.76 Å². The first-order valence-corrected chi connectivity index (χ1v) is 9.62. The summed E-state index contributed by atoms with van der Waals surface area (Å²) in [6.45, 7) is 0.551. The molecule has 2 aromatic heterocycles. The maximum atomic E-state index is 9.30. The molecule has 0 saturated heterocycles. The Balaban J connectivity index is 1.49. The SMILES string of the molecule is OCc1ccc(-c2nn(Cc3ccc(-c4ccccc4)cc3)c3ccccc23)o1. The summed E-state index contributed by atoms with van der Waals surface area (Å²) in [4.78, 5) is 0. The molecule has 3 aromatic carbocycles. The van der Waals surface area contributed by atoms with E-state index in [2.05, 4.69) is 54.6 Å². The first-order chi connectivity index (χ1) is 14.3. The molecule has 0 bridgehead atoms. The fourth-order valence-electron chi connectivity index (χ4n) is 3.63. The van der Waals surface area contributed by atoms with Crippen LogP contribution in [0.4, 0.5) is 0 Å². The summed E-state index contributed by atoms with van der Waals surface area (Å²) in [7, 11) is 0. The smallest absolute Gasteiger partial charge is 0.155 e. The number of aliphatic hydroxyl groups excluding tert-OH is 1. The van der Waals surface area contributed by atoms with Crippen LogP contribution in [0.5, 0.6) is 0 Å². The lowest BCUT2D eigenvalue weighted by molar-refractivity contribution is 0.248. The van der Waals surface area contributed by atoms with Crippen LogP contribution in [0.2, 0.25) is 0 Å². The molecule has 0 saturated carbocycles. The van der Waals surface area contributed by atoms with Crippen molar-refractivity contribution < 1.29 is 9.52 Å². The summed E-state index contributed by atoms with van der Waals surface area (Å²) in [5.41, 5.74) is 5.44. The van der Waals surface area contributed by atoms with Gasteiger partial charge in [-0.15, -0.1) is 0 Å². The molecule has 0 atom stereocenters. The Morgan fingerprint density at radius 2 is 1.48 bits per heavy atom. The van der Waals surface area contributed by atoms with Crippen molar-refractivity contribution in [2.75, 3.05) is 0 Å². The van der Waals surface area contributed by atoms with Gasteiger partial charge in [0, 0.05) is 5.39 Å². The molecule has 1 N–H and O–H groups in total. The molecule has 4 heteroatoms. The molecule has 0 aliphatic rings. The number of furan rings is 1. The van der Waals surface area contributed by atoms with Gasteiger partial charge in [-0.3, -0.25) is 4.68 Å². The Morgan fingerprint density at radius 3 is 2.24 bits per heavy atom. The predicted octanol–water partition coefficient (Wildman–Crippen LogP) is 5.50. The van der Waals surface area contributed by atoms with Crippen LogP contribution in [0.15, 0.2) is 95.4 Å². The highest BCUT2D eigenvalue weighted by Crippen LogP contribution is 2.30. The van der Waals surface area contributed by atoms with Crippen molar-refractivity contribution in [3.63, 3.8) is 0 Å². The minimum Gasteiger partial charge on any atom is -0.457 e. The van der Waals surface area contributed by atoms with Crippen LogP contribution < -0.4 is 0 Å². The van der Waals surface area contributed by atoms with E-state index in [1.54, 1.807) is 6.07 Å². The summed E-state index contributed by atoms with van der Waals surface area (Å²) in [5.74, 6) is 1.21. The van der Waals surface area contributed by atoms with E-state index in [0.717, 1.165) is 16.6 Å². The lowest BCUT2D eigenvalue weighted by atomic mass is 10.0. The van der Waals surface area contributed by atoms with Gasteiger partial charge in [0.1, 0.15) is 18.1 Å². The molecule has 4 nitrogen and oxygen atoms in total. The highest BCUT2D eigenvalue weighted by molar-refractivity contribution is 5.92. The summed E-state index contributed by atoms with van der Waals surface area (Å²) >= 11 is 0. The topological polar surface area (TPSA) is 51.2 Å². The third-order valence-corrected chi connectivity index (χ3v) is 5.10. The second-order valence-electron chi connectivity index (χ2n) is 7.01. The normalized spacial score (nSPS) is 11.2. The van der Waals surface area contributed by atoms with E-state index < -0.39 is 0 Å². The van der Waals surface area contributed by atoms with Crippen molar-refractivity contribution in [1.82, 2.24) is 9.78 Å². The second-order valence-corrected chi connectivity index (χ2v) is 7.01. The maximum absolute atomic E-state index is 9.30. The van der Waals surface area contributed by atoms with Crippen molar-refractivity contribution in [2.24, 2.45) is 0 Å². The van der Waals surface area contributed by atoms with Crippen molar-refractivity contribution in [2.45, 2.75) is 13.2 Å². The van der Waals surface area contributed by atoms with Crippen LogP contribution in [0.1, 0.15) is 11.3 Å². The summed E-state index contributed by atoms with van der Waals surface area (Å²) in [6, 6.07) is 30.7. The van der Waals surface area contributed by atoms with E-state index in [-0.39, 0.29) is 6.61 Å². The van der Waals surface area contributed by atoms with Crippen LogP contribution in [0.25, 0.3) is 33.5 Å². The minimum atomic E-state index is -0.119. The van der Waals surface area contributed by atoms with Crippen LogP contribution in [0.3, 0.4) is 0 Å². The number of para-hydroxylation sites is 1. The van der Waals surface area contributed by atoms with Crippen molar-refractivity contribution in [3.8, 4) is 22.6 Å². The standard InChI is InChI=1S/C25H20N2O2/c28-17-21-14-15-24(29-21)25-22-8-4-5-9-23(22)27(26-25)16-18-10-12-20(13-11-18)19-6-2-1-3-7-19/h1-15,28H,16-17H2. The predicted molar refractivity (Wildman–Crippen MR) is 114 cm³/mol. The quantitative estimate of drug-likeness (QED) is 0.438. The summed E-state index contributed by atoms with van der Waals surface area (Å²) < 4.78 is 7.73. The highest BCUT2D eigenvalue weighted by Gasteiger charge is 2.15. The molecule has 29 heavy (non-hydrogen) atoms. The third-order valence-electron chi connectivity index (χ3n) is 5.10. The largest absolute Gasteiger partial charge is 0.457 e. The molecule has 2 heterocycles. The van der Waals surface area contributed by atoms with Gasteiger partial charge in [-0.1, -0.05) is 72.8 Å². The number of benzene rings is 3. The zero-order valence-corrected chi connectivity index (χ0v) is 15.8. The van der Waals surface area contributed by atoms with Gasteiger partial charge in [0.05, 0.1) is 12.1 Å². The molecule has 0 unspecified atom stereocenters. The van der Waals surface area contributed by atoms with Gasteiger partial charge in [0.2, 0.25) is 0 Å². The van der Waals surface area contributed by atoms with Gasteiger partial charge in [-0.2, -0.15) is 5.10 Å². The Kier molecular flexibility index (Phi) is 4.47. The fourth-order valence-corrected chi connectivity index (χ4v) is 3.63. The monoisotopic (exact) mass is 380 g/mol. The average Bonchev–Trinajstić information content (AvgIpc) is 3.40. The molecular weight excluding hydrogens is 360 g/mol. The number of fused-ring (bicyclic) bond motifs is 1. The molecule has 0 radical (unpaired) electrons. The van der Waals surface area contributed by atoms with Crippen LogP contribution in [-0.2, 0) is 13.2 Å². The van der Waals surface area contributed by atoms with Gasteiger partial charge >= 0.3 is 0 Å². The van der Waals surface area contributed by atoms with Crippen molar-refractivity contribution in [1.29, 1.82) is 0 Å². The maximum Gasteiger partial charge on any atom is 0.155 e. The van der Waals surface area contributed by atoms with Gasteiger partial charge in [-0.25, -0.2) is 0 Å². The Morgan fingerprint density at radius 1 is 0.759 bits per heavy atom. The molecule has 5 rings (SSSR count). The zero-order chi connectivity index (χ0) is 19.6. The number of hydrogen-bond acceptors (Lipinski definition) is 3. The van der Waals surface area contributed by atoms with E-state index in [4.69, 9.17) is 9.52 Å². The Labute approximate surface area is 168 Å². The van der Waals surface area contributed by atoms with Gasteiger partial charge in [0.25, 0.3) is 0 Å². The van der Waals surface area contributed by atoms with Crippen LogP contribution >= 0.6 is 0 Å². The summed E-state index contributed by atoms with van der Waals surface area (Å²) in [6.07, 6.45) is 0. The van der Waals surface area contributed by atoms with Crippen LogP contribution in [0, 0.1) is 0 Å². The van der Waals surface area contributed by atoms with Crippen LogP contribution in [-0.4, -0.2) is 14.9 Å². The van der Waals surface area contributed by atoms with Gasteiger partial charge in [-0.05, 0) is 34.9 Å². The first-order valence-electron chi connectivity index (χ1n) is 9.62. The molecule has 0 fully saturated rings. The van der Waals surface area contributed by atoms with E-state index >= 15 is 0 Å². The first kappa shape index (κ1) is 17.5. The van der Waals surface area contributed by atoms with E-state index in [1.807, 2.05) is 35.0 Å². The number of rotatable bonds is 5. The highest BCUT2D eigenvalue weighted by atomic mass is 16.4. The summed E-state index contributed by atoms with van der Waals surface area (Å²) in [5, 5.41) is 15.2. The second kappa shape index (κ2) is 7.41. The van der Waals surface area contributed by atoms with Crippen molar-refractivity contribution >= 4 is 10.9 Å². The van der Waals surface area contributed by atoms with Crippen molar-refractivity contribution in [3.05, 3.63) is 102 Å². The molecule has 0 aliphatic carbocycles. The average molecular weight is 380 g/mol. The zero-order valence-electron chi connectivity index (χ0n) is 15.8. The van der Waals surface area contributed by atoms with E-state index in [1.165, 1.54) is 16.7 Å². The number of aromatic nitrogens is 2. The number of hydrogen-bond donors (Lipinski definition) is 1.